The molecular formula is C20H32N2O5. The van der Waals surface area contributed by atoms with Crippen LogP contribution in [-0.4, -0.2) is 38.7 Å². The van der Waals surface area contributed by atoms with Crippen molar-refractivity contribution in [3.8, 4) is 11.5 Å². The van der Waals surface area contributed by atoms with E-state index in [-0.39, 0.29) is 6.42 Å². The summed E-state index contributed by atoms with van der Waals surface area (Å²) < 4.78 is 10.4. The van der Waals surface area contributed by atoms with Crippen LogP contribution >= 0.6 is 0 Å². The molecule has 0 unspecified atom stereocenters. The molecule has 1 rings (SSSR count). The van der Waals surface area contributed by atoms with Gasteiger partial charge in [-0.05, 0) is 25.0 Å². The molecule has 0 saturated heterocycles. The van der Waals surface area contributed by atoms with Crippen LogP contribution in [-0.2, 0) is 9.59 Å². The van der Waals surface area contributed by atoms with Crippen LogP contribution in [0.2, 0.25) is 0 Å². The summed E-state index contributed by atoms with van der Waals surface area (Å²) in [5, 5.41) is 15.9. The maximum absolute atomic E-state index is 12.3. The number of anilines is 1. The van der Waals surface area contributed by atoms with Crippen molar-refractivity contribution in [1.82, 2.24) is 0 Å². The van der Waals surface area contributed by atoms with E-state index in [4.69, 9.17) is 9.47 Å². The predicted octanol–water partition coefficient (Wildman–Crippen LogP) is 0.931. The quantitative estimate of drug-likeness (QED) is 0.530. The van der Waals surface area contributed by atoms with Crippen LogP contribution in [0.5, 0.6) is 11.5 Å². The number of benzene rings is 1. The van der Waals surface area contributed by atoms with Crippen molar-refractivity contribution < 1.29 is 29.5 Å². The van der Waals surface area contributed by atoms with Gasteiger partial charge in [-0.2, -0.15) is 0 Å². The van der Waals surface area contributed by atoms with Crippen LogP contribution in [0, 0.1) is 5.92 Å². The minimum absolute atomic E-state index is 0.165. The molecule has 1 aromatic rings. The van der Waals surface area contributed by atoms with E-state index in [2.05, 4.69) is 19.2 Å². The van der Waals surface area contributed by atoms with E-state index in [0.29, 0.717) is 29.6 Å². The summed E-state index contributed by atoms with van der Waals surface area (Å²) in [5.74, 6) is -0.134. The summed E-state index contributed by atoms with van der Waals surface area (Å²) in [7, 11) is 3.03. The number of carbonyl (C=O) groups is 2. The molecule has 0 aliphatic heterocycles. The van der Waals surface area contributed by atoms with Gasteiger partial charge in [0.1, 0.15) is 17.5 Å². The van der Waals surface area contributed by atoms with Crippen molar-refractivity contribution in [2.45, 2.75) is 52.0 Å². The molecule has 0 aromatic heterocycles. The molecule has 0 spiro atoms. The zero-order chi connectivity index (χ0) is 20.2. The lowest BCUT2D eigenvalue weighted by atomic mass is 9.99. The Bertz CT molecular complexity index is 606. The number of carboxylic acids is 1. The molecular weight excluding hydrogens is 348 g/mol. The Morgan fingerprint density at radius 1 is 1.22 bits per heavy atom. The normalized spacial score (nSPS) is 12.9. The Hall–Kier alpha value is -2.28. The standard InChI is InChI=1S/C20H32N2O5/c1-5-7-8-14(6-2)13-21-17(20(24)25)12-19(23)22-16-10-9-15(26-3)11-18(16)27-4/h9-11,14,17,21H,5-8,12-13H2,1-4H3,(H,22,23)(H,24,25)/t14-,17+/m0/s1. The lowest BCUT2D eigenvalue weighted by Gasteiger charge is -2.20. The summed E-state index contributed by atoms with van der Waals surface area (Å²) in [6.45, 7) is 4.91. The van der Waals surface area contributed by atoms with E-state index < -0.39 is 17.9 Å². The highest BCUT2D eigenvalue weighted by atomic mass is 16.5. The molecule has 1 aromatic carbocycles. The number of hydrogen-bond donors (Lipinski definition) is 2. The molecule has 27 heavy (non-hydrogen) atoms. The topological polar surface area (TPSA) is 104 Å². The highest BCUT2D eigenvalue weighted by Gasteiger charge is 2.21. The van der Waals surface area contributed by atoms with Gasteiger partial charge in [-0.1, -0.05) is 26.7 Å². The molecule has 0 bridgehead atoms. The van der Waals surface area contributed by atoms with Crippen LogP contribution in [0.15, 0.2) is 18.2 Å². The van der Waals surface area contributed by atoms with Crippen molar-refractivity contribution >= 4 is 17.6 Å². The van der Waals surface area contributed by atoms with Crippen molar-refractivity contribution in [2.24, 2.45) is 5.92 Å². The van der Waals surface area contributed by atoms with E-state index in [1.54, 1.807) is 23.5 Å². The van der Waals surface area contributed by atoms with Crippen LogP contribution < -0.4 is 25.2 Å². The molecule has 7 nitrogen and oxygen atoms in total. The SMILES string of the molecule is CCCC[C@H](CC)C[NH2+][C@H](CC(=O)Nc1ccc(OC)cc1OC)C(=O)[O-]. The number of amides is 1. The van der Waals surface area contributed by atoms with Gasteiger partial charge < -0.3 is 30.0 Å². The molecule has 0 radical (unpaired) electrons. The first-order valence-electron chi connectivity index (χ1n) is 9.51. The largest absolute Gasteiger partial charge is 0.544 e. The van der Waals surface area contributed by atoms with Crippen LogP contribution in [0.25, 0.3) is 0 Å². The minimum Gasteiger partial charge on any atom is -0.544 e. The second-order valence-corrected chi connectivity index (χ2v) is 6.63. The van der Waals surface area contributed by atoms with E-state index >= 15 is 0 Å². The Labute approximate surface area is 161 Å². The number of aliphatic carboxylic acids is 1. The summed E-state index contributed by atoms with van der Waals surface area (Å²) in [6.07, 6.45) is 4.14. The van der Waals surface area contributed by atoms with Gasteiger partial charge in [0.15, 0.2) is 0 Å². The lowest BCUT2D eigenvalue weighted by molar-refractivity contribution is -0.687. The molecule has 152 valence electrons. The smallest absolute Gasteiger partial charge is 0.230 e. The van der Waals surface area contributed by atoms with E-state index in [1.165, 1.54) is 14.2 Å². The molecule has 0 saturated carbocycles. The monoisotopic (exact) mass is 380 g/mol. The first-order valence-corrected chi connectivity index (χ1v) is 9.51. The van der Waals surface area contributed by atoms with Gasteiger partial charge in [0.05, 0.1) is 38.8 Å². The molecule has 7 heteroatoms. The van der Waals surface area contributed by atoms with Crippen molar-refractivity contribution in [3.05, 3.63) is 18.2 Å². The Morgan fingerprint density at radius 2 is 1.96 bits per heavy atom. The maximum Gasteiger partial charge on any atom is 0.230 e. The highest BCUT2D eigenvalue weighted by Crippen LogP contribution is 2.29. The van der Waals surface area contributed by atoms with Gasteiger partial charge in [-0.25, -0.2) is 0 Å². The summed E-state index contributed by atoms with van der Waals surface area (Å²) in [4.78, 5) is 23.8. The second kappa shape index (κ2) is 12.2. The average Bonchev–Trinajstić information content (AvgIpc) is 2.67. The fourth-order valence-electron chi connectivity index (χ4n) is 2.90. The number of rotatable bonds is 13. The van der Waals surface area contributed by atoms with Gasteiger partial charge in [0.2, 0.25) is 5.91 Å². The highest BCUT2D eigenvalue weighted by molar-refractivity contribution is 5.94. The minimum atomic E-state index is -1.22. The molecule has 0 aliphatic rings. The third-order valence-electron chi connectivity index (χ3n) is 4.69. The number of nitrogens with one attached hydrogen (secondary N) is 1. The Morgan fingerprint density at radius 3 is 2.52 bits per heavy atom. The molecule has 1 amide bonds. The molecule has 0 heterocycles. The molecule has 0 fully saturated rings. The summed E-state index contributed by atoms with van der Waals surface area (Å²) >= 11 is 0. The zero-order valence-corrected chi connectivity index (χ0v) is 16.7. The first-order chi connectivity index (χ1) is 12.9. The number of hydrogen-bond acceptors (Lipinski definition) is 5. The number of nitrogens with two attached hydrogens (primary N) is 1. The third kappa shape index (κ3) is 7.86. The predicted molar refractivity (Wildman–Crippen MR) is 102 cm³/mol. The fraction of sp³-hybridized carbons (Fsp3) is 0.600. The van der Waals surface area contributed by atoms with E-state index in [9.17, 15) is 14.7 Å². The number of carbonyl (C=O) groups excluding carboxylic acids is 2. The molecule has 0 aliphatic carbocycles. The average molecular weight is 380 g/mol. The third-order valence-corrected chi connectivity index (χ3v) is 4.69. The van der Waals surface area contributed by atoms with Gasteiger partial charge in [0, 0.05) is 12.0 Å². The fourth-order valence-corrected chi connectivity index (χ4v) is 2.90. The van der Waals surface area contributed by atoms with Crippen molar-refractivity contribution in [3.63, 3.8) is 0 Å². The number of carboxylic acid groups (broad SMARTS) is 1. The first kappa shape index (κ1) is 22.8. The van der Waals surface area contributed by atoms with Gasteiger partial charge >= 0.3 is 0 Å². The Kier molecular flexibility index (Phi) is 10.3. The van der Waals surface area contributed by atoms with Gasteiger partial charge in [-0.15, -0.1) is 0 Å². The van der Waals surface area contributed by atoms with Crippen LogP contribution in [0.1, 0.15) is 46.0 Å². The summed E-state index contributed by atoms with van der Waals surface area (Å²) in [5.41, 5.74) is 0.467. The lowest BCUT2D eigenvalue weighted by Crippen LogP contribution is -2.94. The molecule has 3 N–H and O–H groups in total. The van der Waals surface area contributed by atoms with Crippen LogP contribution in [0.4, 0.5) is 5.69 Å². The maximum atomic E-state index is 12.3. The summed E-state index contributed by atoms with van der Waals surface area (Å²) in [6, 6.07) is 4.09. The van der Waals surface area contributed by atoms with E-state index in [0.717, 1.165) is 25.7 Å². The zero-order valence-electron chi connectivity index (χ0n) is 16.7. The second-order valence-electron chi connectivity index (χ2n) is 6.63. The van der Waals surface area contributed by atoms with Gasteiger partial charge in [0.25, 0.3) is 0 Å². The number of ether oxygens (including phenoxy) is 2. The number of quaternary nitrogens is 1. The Balaban J connectivity index is 2.66. The number of unbranched alkanes of at least 4 members (excludes halogenated alkanes) is 1. The van der Waals surface area contributed by atoms with Crippen LogP contribution in [0.3, 0.4) is 0 Å². The van der Waals surface area contributed by atoms with Crippen molar-refractivity contribution in [2.75, 3.05) is 26.1 Å². The number of methoxy groups -OCH3 is 2. The van der Waals surface area contributed by atoms with Gasteiger partial charge in [-0.3, -0.25) is 4.79 Å². The van der Waals surface area contributed by atoms with E-state index in [1.807, 2.05) is 0 Å². The van der Waals surface area contributed by atoms with Crippen molar-refractivity contribution in [1.29, 1.82) is 0 Å². The molecule has 2 atom stereocenters.